The number of halogens is 2. The van der Waals surface area contributed by atoms with Crippen LogP contribution in [0.4, 0.5) is 20.4 Å². The van der Waals surface area contributed by atoms with Gasteiger partial charge in [-0.15, -0.1) is 0 Å². The van der Waals surface area contributed by atoms with Crippen molar-refractivity contribution in [1.82, 2.24) is 29.1 Å². The van der Waals surface area contributed by atoms with Gasteiger partial charge >= 0.3 is 7.82 Å². The number of aromatic nitrogens is 6. The minimum atomic E-state index is -5.15. The molecule has 3 fully saturated rings. The summed E-state index contributed by atoms with van der Waals surface area (Å²) < 4.78 is 95.3. The van der Waals surface area contributed by atoms with Crippen LogP contribution in [0.1, 0.15) is 39.7 Å². The van der Waals surface area contributed by atoms with E-state index in [1.54, 1.807) is 30.3 Å². The SMILES string of the molecule is [BH3-]P1(=O)OCC2O[C@@H](n3cnc4c(NC(=O)c5ccccc5)ncnc43)[C@H](F)[C@@H]2OP(=O)(O)OC[C@H]2O[C@@H](n3cnc4c3N=C(N)CC4=O)[C@H](F)[C@@H]2O1. The molecule has 4 aliphatic rings. The van der Waals surface area contributed by atoms with Crippen molar-refractivity contribution in [3.63, 3.8) is 0 Å². The number of fused-ring (bicyclic) bond motifs is 4. The molecule has 4 aromatic rings. The standard InChI is InChI=1S/C28H29BF2N9O11P2/c29-52(43)46-7-14-22(18(31)27(48-14)39-11-36-20-23(33-9-34-24(20)39)38-26(42)12-4-2-1-3-5-12)51-53(44,45)47-8-15-21(50-52)17(30)28(49-15)40-10-35-19-13(41)6-16(32)37-25(19)40/h1-5,9-11,14-15,17-18,21-22,27-28H,6-8H2,29H3,(H2,32,37)(H,44,45)(H,33,34,38,42)/q-1/t14?,15-,17-,18-,21-,22-,27-,28-,52?/m1/s1. The molecule has 3 saturated heterocycles. The highest BCUT2D eigenvalue weighted by Crippen LogP contribution is 2.54. The van der Waals surface area contributed by atoms with E-state index < -0.39 is 97.0 Å². The van der Waals surface area contributed by atoms with Crippen LogP contribution in [0.15, 0.2) is 54.3 Å². The van der Waals surface area contributed by atoms with Crippen LogP contribution in [0, 0.1) is 0 Å². The number of nitrogens with zero attached hydrogens (tertiary/aromatic N) is 7. The Morgan fingerprint density at radius 2 is 1.60 bits per heavy atom. The summed E-state index contributed by atoms with van der Waals surface area (Å²) in [6.07, 6.45) is -10.6. The van der Waals surface area contributed by atoms with Crippen molar-refractivity contribution in [2.24, 2.45) is 10.7 Å². The molecule has 10 atom stereocenters. The van der Waals surface area contributed by atoms with Crippen molar-refractivity contribution < 1.29 is 60.0 Å². The lowest BCUT2D eigenvalue weighted by Crippen LogP contribution is -2.37. The number of amidine groups is 1. The number of hydrogen-bond donors (Lipinski definition) is 3. The number of rotatable bonds is 4. The van der Waals surface area contributed by atoms with Crippen molar-refractivity contribution in [2.45, 2.75) is 55.6 Å². The van der Waals surface area contributed by atoms with Gasteiger partial charge in [0.2, 0.25) is 0 Å². The topological polar surface area (TPSA) is 256 Å². The molecule has 25 heteroatoms. The lowest BCUT2D eigenvalue weighted by Gasteiger charge is -2.30. The largest absolute Gasteiger partial charge is 0.472 e. The van der Waals surface area contributed by atoms with Gasteiger partial charge in [-0.1, -0.05) is 18.2 Å². The van der Waals surface area contributed by atoms with Gasteiger partial charge in [-0.3, -0.25) is 27.8 Å². The fraction of sp³-hybridized carbons (Fsp3) is 0.393. The zero-order valence-electron chi connectivity index (χ0n) is 26.2. The molecule has 0 aliphatic carbocycles. The lowest BCUT2D eigenvalue weighted by molar-refractivity contribution is -0.0610. The molecule has 280 valence electrons. The van der Waals surface area contributed by atoms with Gasteiger partial charge in [-0.05, 0) is 12.1 Å². The number of ketones is 1. The van der Waals surface area contributed by atoms with Gasteiger partial charge in [0.1, 0.15) is 44.1 Å². The Labute approximate surface area is 297 Å². The molecular weight excluding hydrogens is 749 g/mol. The zero-order valence-corrected chi connectivity index (χ0v) is 28.0. The number of imidazole rings is 2. The average Bonchev–Trinajstić information content (AvgIpc) is 3.88. The number of aliphatic imine (C=N–C) groups is 1. The zero-order chi connectivity index (χ0) is 37.2. The van der Waals surface area contributed by atoms with Gasteiger partial charge in [0.25, 0.3) is 5.91 Å². The molecule has 4 N–H and O–H groups in total. The number of carbonyl (C=O) groups is 2. The highest BCUT2D eigenvalue weighted by molar-refractivity contribution is 7.79. The highest BCUT2D eigenvalue weighted by atomic mass is 31.2. The Morgan fingerprint density at radius 1 is 0.943 bits per heavy atom. The monoisotopic (exact) mass is 778 g/mol. The Kier molecular flexibility index (Phi) is 9.11. The molecule has 20 nitrogen and oxygen atoms in total. The van der Waals surface area contributed by atoms with E-state index in [2.05, 4.69) is 30.2 Å². The van der Waals surface area contributed by atoms with Gasteiger partial charge in [-0.2, -0.15) is 0 Å². The van der Waals surface area contributed by atoms with Crippen LogP contribution >= 0.6 is 15.3 Å². The van der Waals surface area contributed by atoms with Crippen molar-refractivity contribution in [3.05, 3.63) is 60.6 Å². The number of hydrogen-bond acceptors (Lipinski definition) is 16. The number of amides is 1. The van der Waals surface area contributed by atoms with Crippen LogP contribution in [-0.4, -0.2) is 109 Å². The summed E-state index contributed by atoms with van der Waals surface area (Å²) in [5.74, 6) is -1.01. The Bertz CT molecular complexity index is 2230. The predicted octanol–water partition coefficient (Wildman–Crippen LogP) is 1.41. The van der Waals surface area contributed by atoms with Gasteiger partial charge < -0.3 is 39.0 Å². The maximum absolute atomic E-state index is 16.3. The van der Waals surface area contributed by atoms with E-state index in [0.29, 0.717) is 5.56 Å². The Morgan fingerprint density at radius 3 is 2.34 bits per heavy atom. The second-order valence-corrected chi connectivity index (χ2v) is 14.2. The lowest BCUT2D eigenvalue weighted by atomic mass is 10.1. The van der Waals surface area contributed by atoms with E-state index in [4.69, 9.17) is 33.3 Å². The summed E-state index contributed by atoms with van der Waals surface area (Å²) in [6, 6.07) is 8.31. The molecule has 7 heterocycles. The molecule has 3 unspecified atom stereocenters. The fourth-order valence-corrected chi connectivity index (χ4v) is 7.88. The number of phosphoric acid groups is 1. The number of nitrogens with one attached hydrogen (secondary N) is 1. The first-order valence-corrected chi connectivity index (χ1v) is 18.0. The summed E-state index contributed by atoms with van der Waals surface area (Å²) in [7, 11) is -10.5. The van der Waals surface area contributed by atoms with E-state index in [1.165, 1.54) is 10.9 Å². The molecule has 1 amide bonds. The van der Waals surface area contributed by atoms with Crippen LogP contribution < -0.4 is 11.1 Å². The number of alkyl halides is 2. The quantitative estimate of drug-likeness (QED) is 0.196. The summed E-state index contributed by atoms with van der Waals surface area (Å²) in [6.45, 7) is -1.50. The number of benzene rings is 1. The van der Waals surface area contributed by atoms with E-state index in [9.17, 15) is 23.6 Å². The second-order valence-electron chi connectivity index (χ2n) is 11.8. The number of ether oxygens (including phenoxy) is 2. The highest BCUT2D eigenvalue weighted by Gasteiger charge is 2.54. The number of carbonyl (C=O) groups excluding carboxylic acids is 2. The first-order chi connectivity index (χ1) is 25.3. The third-order valence-electron chi connectivity index (χ3n) is 8.54. The van der Waals surface area contributed by atoms with Gasteiger partial charge in [-0.25, -0.2) is 38.3 Å². The summed E-state index contributed by atoms with van der Waals surface area (Å²) >= 11 is 0. The Balaban J connectivity index is 1.03. The van der Waals surface area contributed by atoms with E-state index in [-0.39, 0.29) is 40.7 Å². The molecule has 4 aliphatic heterocycles. The molecule has 53 heavy (non-hydrogen) atoms. The van der Waals surface area contributed by atoms with Crippen molar-refractivity contribution in [1.29, 1.82) is 0 Å². The van der Waals surface area contributed by atoms with Crippen LogP contribution in [0.25, 0.3) is 11.2 Å². The van der Waals surface area contributed by atoms with Gasteiger partial charge in [0.15, 0.2) is 59.1 Å². The Hall–Kier alpha value is -4.31. The third-order valence-corrected chi connectivity index (χ3v) is 10.3. The van der Waals surface area contributed by atoms with Gasteiger partial charge in [0, 0.05) is 5.56 Å². The molecule has 1 aromatic carbocycles. The molecule has 0 spiro atoms. The molecule has 8 rings (SSSR count). The molecule has 0 radical (unpaired) electrons. The fourth-order valence-electron chi connectivity index (χ4n) is 6.14. The second kappa shape index (κ2) is 13.5. The van der Waals surface area contributed by atoms with Crippen LogP contribution in [0.3, 0.4) is 0 Å². The summed E-state index contributed by atoms with van der Waals surface area (Å²) in [5, 5.41) is 2.64. The summed E-state index contributed by atoms with van der Waals surface area (Å²) in [5.41, 5.74) is 6.17. The number of anilines is 1. The summed E-state index contributed by atoms with van der Waals surface area (Å²) in [4.78, 5) is 56.5. The van der Waals surface area contributed by atoms with Crippen LogP contribution in [0.2, 0.25) is 0 Å². The predicted molar refractivity (Wildman–Crippen MR) is 179 cm³/mol. The average molecular weight is 778 g/mol. The smallest absolute Gasteiger partial charge is 0.387 e. The third kappa shape index (κ3) is 6.72. The molecular formula is C28H29BF2N9O11P2-. The minimum Gasteiger partial charge on any atom is -0.387 e. The maximum atomic E-state index is 16.3. The number of phosphoric ester groups is 1. The number of Topliss-reactive ketones (excluding diaryl/α,β-unsaturated/α-hetero) is 1. The van der Waals surface area contributed by atoms with Crippen LogP contribution in [0.5, 0.6) is 0 Å². The first kappa shape index (κ1) is 35.7. The maximum Gasteiger partial charge on any atom is 0.472 e. The van der Waals surface area contributed by atoms with Crippen molar-refractivity contribution in [3.8, 4) is 0 Å². The van der Waals surface area contributed by atoms with Crippen LogP contribution in [-0.2, 0) is 36.7 Å². The minimum absolute atomic E-state index is 0.0211. The van der Waals surface area contributed by atoms with Crippen molar-refractivity contribution in [2.75, 3.05) is 18.5 Å². The normalized spacial score (nSPS) is 34.7. The molecule has 3 aromatic heterocycles. The van der Waals surface area contributed by atoms with Gasteiger partial charge in [0.05, 0.1) is 39.9 Å². The molecule has 0 saturated carbocycles. The van der Waals surface area contributed by atoms with E-state index in [0.717, 1.165) is 17.2 Å². The number of nitrogens with two attached hydrogens (primary N) is 1. The van der Waals surface area contributed by atoms with Crippen molar-refractivity contribution >= 4 is 63.2 Å². The van der Waals surface area contributed by atoms with E-state index in [1.807, 2.05) is 0 Å². The molecule has 0 bridgehead atoms. The first-order valence-electron chi connectivity index (χ1n) is 15.5. The van der Waals surface area contributed by atoms with E-state index >= 15 is 8.78 Å².